The van der Waals surface area contributed by atoms with Gasteiger partial charge in [0, 0.05) is 23.5 Å². The number of rotatable bonds is 6. The average Bonchev–Trinajstić information content (AvgIpc) is 3.33. The second-order valence-corrected chi connectivity index (χ2v) is 9.33. The minimum atomic E-state index is -0.303. The van der Waals surface area contributed by atoms with Crippen molar-refractivity contribution in [2.45, 2.75) is 26.2 Å². The number of carbonyl (C=O) groups is 3. The highest BCUT2D eigenvalue weighted by Crippen LogP contribution is 2.25. The van der Waals surface area contributed by atoms with Crippen molar-refractivity contribution in [3.05, 3.63) is 82.0 Å². The number of thiophene rings is 1. The van der Waals surface area contributed by atoms with Crippen LogP contribution < -0.4 is 10.6 Å². The number of likely N-dealkylation sites (tertiary alicyclic amines) is 1. The molecule has 0 spiro atoms. The predicted molar refractivity (Wildman–Crippen MR) is 132 cm³/mol. The van der Waals surface area contributed by atoms with Gasteiger partial charge in [-0.05, 0) is 55.5 Å². The fraction of sp³-hybridized carbons (Fsp3) is 0.269. The lowest BCUT2D eigenvalue weighted by molar-refractivity contribution is -0.121. The average molecular weight is 462 g/mol. The Kier molecular flexibility index (Phi) is 7.19. The van der Waals surface area contributed by atoms with Crippen molar-refractivity contribution in [1.29, 1.82) is 0 Å². The molecule has 0 aliphatic carbocycles. The first-order valence-electron chi connectivity index (χ1n) is 11.1. The van der Waals surface area contributed by atoms with Gasteiger partial charge in [-0.25, -0.2) is 0 Å². The predicted octanol–water partition coefficient (Wildman–Crippen LogP) is 4.73. The van der Waals surface area contributed by atoms with Crippen LogP contribution in [0, 0.1) is 12.8 Å². The maximum absolute atomic E-state index is 13.1. The first kappa shape index (κ1) is 22.7. The lowest BCUT2D eigenvalue weighted by Crippen LogP contribution is -2.43. The number of para-hydroxylation sites is 2. The summed E-state index contributed by atoms with van der Waals surface area (Å²) in [5.41, 5.74) is 2.86. The van der Waals surface area contributed by atoms with Crippen LogP contribution >= 0.6 is 11.3 Å². The van der Waals surface area contributed by atoms with Crippen molar-refractivity contribution in [3.63, 3.8) is 0 Å². The summed E-state index contributed by atoms with van der Waals surface area (Å²) >= 11 is 1.53. The largest absolute Gasteiger partial charge is 0.338 e. The van der Waals surface area contributed by atoms with Gasteiger partial charge in [-0.2, -0.15) is 0 Å². The van der Waals surface area contributed by atoms with Crippen LogP contribution in [0.3, 0.4) is 0 Å². The van der Waals surface area contributed by atoms with Crippen LogP contribution in [0.1, 0.15) is 33.6 Å². The molecule has 1 unspecified atom stereocenters. The monoisotopic (exact) mass is 461 g/mol. The standard InChI is InChI=1S/C26H27N3O3S/c1-18-10-12-19(13-11-18)26(32)29-14-4-6-20(17-29)25(31)28-23-9-3-2-8-22(23)27-24(30)16-21-7-5-15-33-21/h2-3,5,7-13,15,20H,4,6,14,16-17H2,1H3,(H,27,30)(H,28,31). The molecule has 7 heteroatoms. The normalized spacial score (nSPS) is 15.7. The van der Waals surface area contributed by atoms with Crippen LogP contribution in [0.4, 0.5) is 11.4 Å². The van der Waals surface area contributed by atoms with Gasteiger partial charge in [0.05, 0.1) is 23.7 Å². The highest BCUT2D eigenvalue weighted by molar-refractivity contribution is 7.10. The minimum Gasteiger partial charge on any atom is -0.338 e. The Morgan fingerprint density at radius 3 is 2.39 bits per heavy atom. The maximum Gasteiger partial charge on any atom is 0.253 e. The van der Waals surface area contributed by atoms with Crippen molar-refractivity contribution in [1.82, 2.24) is 4.90 Å². The van der Waals surface area contributed by atoms with Gasteiger partial charge in [0.15, 0.2) is 0 Å². The molecule has 0 radical (unpaired) electrons. The number of carbonyl (C=O) groups excluding carboxylic acids is 3. The second kappa shape index (κ2) is 10.4. The maximum atomic E-state index is 13.1. The number of hydrogen-bond acceptors (Lipinski definition) is 4. The molecule has 1 saturated heterocycles. The highest BCUT2D eigenvalue weighted by Gasteiger charge is 2.29. The minimum absolute atomic E-state index is 0.0475. The summed E-state index contributed by atoms with van der Waals surface area (Å²) in [4.78, 5) is 41.1. The second-order valence-electron chi connectivity index (χ2n) is 8.30. The van der Waals surface area contributed by atoms with Gasteiger partial charge in [-0.1, -0.05) is 35.9 Å². The van der Waals surface area contributed by atoms with Crippen molar-refractivity contribution in [3.8, 4) is 0 Å². The Morgan fingerprint density at radius 2 is 1.70 bits per heavy atom. The Balaban J connectivity index is 1.39. The third-order valence-corrected chi connectivity index (χ3v) is 6.63. The molecule has 1 aliphatic heterocycles. The van der Waals surface area contributed by atoms with Crippen LogP contribution in [-0.2, 0) is 16.0 Å². The molecule has 1 aliphatic rings. The van der Waals surface area contributed by atoms with Gasteiger partial charge in [0.2, 0.25) is 11.8 Å². The molecule has 1 fully saturated rings. The van der Waals surface area contributed by atoms with E-state index in [0.29, 0.717) is 36.4 Å². The molecule has 2 N–H and O–H groups in total. The summed E-state index contributed by atoms with van der Waals surface area (Å²) in [6, 6.07) is 18.5. The van der Waals surface area contributed by atoms with Crippen molar-refractivity contribution >= 4 is 40.4 Å². The Bertz CT molecular complexity index is 1130. The van der Waals surface area contributed by atoms with Crippen LogP contribution in [0.15, 0.2) is 66.0 Å². The van der Waals surface area contributed by atoms with E-state index >= 15 is 0 Å². The van der Waals surface area contributed by atoms with Crippen molar-refractivity contribution in [2.75, 3.05) is 23.7 Å². The number of benzene rings is 2. The lowest BCUT2D eigenvalue weighted by Gasteiger charge is -2.32. The summed E-state index contributed by atoms with van der Waals surface area (Å²) < 4.78 is 0. The van der Waals surface area contributed by atoms with E-state index < -0.39 is 0 Å². The topological polar surface area (TPSA) is 78.5 Å². The molecule has 3 amide bonds. The van der Waals surface area contributed by atoms with Crippen LogP contribution in [-0.4, -0.2) is 35.7 Å². The first-order chi connectivity index (χ1) is 16.0. The summed E-state index contributed by atoms with van der Waals surface area (Å²) in [5.74, 6) is -0.625. The molecule has 0 saturated carbocycles. The number of nitrogens with zero attached hydrogens (tertiary/aromatic N) is 1. The summed E-state index contributed by atoms with van der Waals surface area (Å²) in [7, 11) is 0. The third-order valence-electron chi connectivity index (χ3n) is 5.75. The van der Waals surface area contributed by atoms with E-state index in [9.17, 15) is 14.4 Å². The lowest BCUT2D eigenvalue weighted by atomic mass is 9.96. The SMILES string of the molecule is Cc1ccc(C(=O)N2CCCC(C(=O)Nc3ccccc3NC(=O)Cc3cccs3)C2)cc1. The number of piperidine rings is 1. The van der Waals surface area contributed by atoms with Gasteiger partial charge in [-0.3, -0.25) is 14.4 Å². The zero-order valence-electron chi connectivity index (χ0n) is 18.5. The van der Waals surface area contributed by atoms with Gasteiger partial charge in [0.25, 0.3) is 5.91 Å². The van der Waals surface area contributed by atoms with E-state index in [-0.39, 0.29) is 23.6 Å². The van der Waals surface area contributed by atoms with Gasteiger partial charge in [-0.15, -0.1) is 11.3 Å². The fourth-order valence-electron chi connectivity index (χ4n) is 3.96. The molecule has 0 bridgehead atoms. The van der Waals surface area contributed by atoms with Crippen molar-refractivity contribution < 1.29 is 14.4 Å². The molecule has 4 rings (SSSR count). The molecule has 2 aromatic carbocycles. The number of nitrogens with one attached hydrogen (secondary N) is 2. The highest BCUT2D eigenvalue weighted by atomic mass is 32.1. The van der Waals surface area contributed by atoms with Gasteiger partial charge >= 0.3 is 0 Å². The number of aryl methyl sites for hydroxylation is 1. The summed E-state index contributed by atoms with van der Waals surface area (Å²) in [6.45, 7) is 3.01. The third kappa shape index (κ3) is 5.87. The van der Waals surface area contributed by atoms with Crippen LogP contribution in [0.25, 0.3) is 0 Å². The molecule has 2 heterocycles. The molecule has 1 aromatic heterocycles. The number of hydrogen-bond donors (Lipinski definition) is 2. The summed E-state index contributed by atoms with van der Waals surface area (Å²) in [5, 5.41) is 7.80. The smallest absolute Gasteiger partial charge is 0.253 e. The first-order valence-corrected chi connectivity index (χ1v) is 12.0. The molecular weight excluding hydrogens is 434 g/mol. The number of amides is 3. The molecule has 1 atom stereocenters. The van der Waals surface area contributed by atoms with Crippen LogP contribution in [0.5, 0.6) is 0 Å². The fourth-order valence-corrected chi connectivity index (χ4v) is 4.66. The van der Waals surface area contributed by atoms with E-state index in [4.69, 9.17) is 0 Å². The van der Waals surface area contributed by atoms with Crippen molar-refractivity contribution in [2.24, 2.45) is 5.92 Å². The Hall–Kier alpha value is -3.45. The molecule has 6 nitrogen and oxygen atoms in total. The number of anilines is 2. The van der Waals surface area contributed by atoms with E-state index in [1.54, 1.807) is 17.0 Å². The summed E-state index contributed by atoms with van der Waals surface area (Å²) in [6.07, 6.45) is 1.78. The molecule has 170 valence electrons. The molecule has 33 heavy (non-hydrogen) atoms. The van der Waals surface area contributed by atoms with Gasteiger partial charge < -0.3 is 15.5 Å². The zero-order valence-corrected chi connectivity index (χ0v) is 19.4. The quantitative estimate of drug-likeness (QED) is 0.557. The van der Waals surface area contributed by atoms with Crippen LogP contribution in [0.2, 0.25) is 0 Å². The Morgan fingerprint density at radius 1 is 0.970 bits per heavy atom. The molecule has 3 aromatic rings. The van der Waals surface area contributed by atoms with E-state index in [2.05, 4.69) is 10.6 Å². The van der Waals surface area contributed by atoms with E-state index in [1.165, 1.54) is 11.3 Å². The molecular formula is C26H27N3O3S. The van der Waals surface area contributed by atoms with Gasteiger partial charge in [0.1, 0.15) is 0 Å². The zero-order chi connectivity index (χ0) is 23.2. The Labute approximate surface area is 197 Å². The van der Waals surface area contributed by atoms with E-state index in [1.807, 2.05) is 60.8 Å². The van der Waals surface area contributed by atoms with E-state index in [0.717, 1.165) is 23.3 Å².